The van der Waals surface area contributed by atoms with Crippen molar-refractivity contribution in [3.63, 3.8) is 0 Å². The van der Waals surface area contributed by atoms with Gasteiger partial charge in [0.05, 0.1) is 5.56 Å². The van der Waals surface area contributed by atoms with Crippen LogP contribution in [0.15, 0.2) is 71.1 Å². The van der Waals surface area contributed by atoms with Gasteiger partial charge in [-0.1, -0.05) is 54.6 Å². The monoisotopic (exact) mass is 398 g/mol. The van der Waals surface area contributed by atoms with Crippen molar-refractivity contribution in [3.05, 3.63) is 66.7 Å². The van der Waals surface area contributed by atoms with Crippen LogP contribution in [0.25, 0.3) is 33.5 Å². The molecule has 146 valence electrons. The number of carbonyl (C=O) groups is 1. The molecule has 0 aliphatic rings. The van der Waals surface area contributed by atoms with E-state index >= 15 is 0 Å². The predicted molar refractivity (Wildman–Crippen MR) is 101 cm³/mol. The number of oxazole rings is 1. The maximum atomic E-state index is 12.7. The fourth-order valence-electron chi connectivity index (χ4n) is 2.89. The van der Waals surface area contributed by atoms with E-state index in [1.54, 1.807) is 47.8 Å². The molecule has 0 atom stereocenters. The predicted octanol–water partition coefficient (Wildman–Crippen LogP) is 5.37. The Morgan fingerprint density at radius 1 is 0.966 bits per heavy atom. The summed E-state index contributed by atoms with van der Waals surface area (Å²) in [6, 6.07) is 18.7. The van der Waals surface area contributed by atoms with E-state index in [0.29, 0.717) is 5.56 Å². The molecule has 1 amide bonds. The van der Waals surface area contributed by atoms with Gasteiger partial charge in [0.1, 0.15) is 11.4 Å². The smallest absolute Gasteiger partial charge is 0.471 e. The molecule has 0 unspecified atom stereocenters. The summed E-state index contributed by atoms with van der Waals surface area (Å²) in [6.07, 6.45) is -5.09. The van der Waals surface area contributed by atoms with Crippen molar-refractivity contribution in [1.29, 1.82) is 0 Å². The number of rotatable bonds is 3. The molecule has 29 heavy (non-hydrogen) atoms. The van der Waals surface area contributed by atoms with Crippen LogP contribution in [0.1, 0.15) is 0 Å². The van der Waals surface area contributed by atoms with Gasteiger partial charge >= 0.3 is 12.1 Å². The molecule has 0 aliphatic heterocycles. The molecule has 4 aromatic rings. The number of aromatic hydroxyl groups is 1. The number of anilines is 1. The van der Waals surface area contributed by atoms with Gasteiger partial charge in [0.15, 0.2) is 0 Å². The van der Waals surface area contributed by atoms with E-state index in [4.69, 9.17) is 4.42 Å². The Kier molecular flexibility index (Phi) is 4.46. The Morgan fingerprint density at radius 3 is 2.24 bits per heavy atom. The molecule has 0 saturated carbocycles. The lowest BCUT2D eigenvalue weighted by Gasteiger charge is -2.06. The largest absolute Gasteiger partial charge is 0.507 e. The Morgan fingerprint density at radius 2 is 1.59 bits per heavy atom. The first kappa shape index (κ1) is 18.5. The van der Waals surface area contributed by atoms with E-state index in [-0.39, 0.29) is 22.9 Å². The van der Waals surface area contributed by atoms with Crippen molar-refractivity contribution < 1.29 is 27.5 Å². The number of hydrogen-bond acceptors (Lipinski definition) is 4. The number of benzene rings is 3. The summed E-state index contributed by atoms with van der Waals surface area (Å²) in [5, 5.41) is 13.6. The number of phenols is 1. The second-order valence-electron chi connectivity index (χ2n) is 6.23. The number of phenolic OH excluding ortho intramolecular Hbond substituents is 1. The van der Waals surface area contributed by atoms with Gasteiger partial charge in [-0.15, -0.1) is 0 Å². The van der Waals surface area contributed by atoms with Crippen LogP contribution in [-0.4, -0.2) is 22.2 Å². The van der Waals surface area contributed by atoms with Gasteiger partial charge in [0.2, 0.25) is 11.8 Å². The average molecular weight is 398 g/mol. The van der Waals surface area contributed by atoms with E-state index in [2.05, 4.69) is 4.98 Å². The second kappa shape index (κ2) is 6.97. The second-order valence-corrected chi connectivity index (χ2v) is 6.23. The highest BCUT2D eigenvalue weighted by Gasteiger charge is 2.40. The van der Waals surface area contributed by atoms with Crippen LogP contribution >= 0.6 is 0 Å². The highest BCUT2D eigenvalue weighted by atomic mass is 19.4. The number of nitrogens with one attached hydrogen (secondary N) is 1. The number of hydrogen-bond donors (Lipinski definition) is 2. The first-order valence-electron chi connectivity index (χ1n) is 8.49. The number of amides is 1. The van der Waals surface area contributed by atoms with Crippen molar-refractivity contribution in [2.24, 2.45) is 0 Å². The zero-order valence-corrected chi connectivity index (χ0v) is 14.7. The zero-order valence-electron chi connectivity index (χ0n) is 14.7. The lowest BCUT2D eigenvalue weighted by molar-refractivity contribution is -0.167. The quantitative estimate of drug-likeness (QED) is 0.487. The van der Waals surface area contributed by atoms with Gasteiger partial charge in [0, 0.05) is 5.56 Å². The van der Waals surface area contributed by atoms with Crippen LogP contribution in [0.4, 0.5) is 19.1 Å². The van der Waals surface area contributed by atoms with Crippen molar-refractivity contribution >= 4 is 22.6 Å². The van der Waals surface area contributed by atoms with Gasteiger partial charge in [-0.3, -0.25) is 10.1 Å². The summed E-state index contributed by atoms with van der Waals surface area (Å²) in [7, 11) is 0. The maximum absolute atomic E-state index is 12.7. The minimum atomic E-state index is -5.09. The van der Waals surface area contributed by atoms with Crippen LogP contribution in [0, 0.1) is 0 Å². The molecule has 0 radical (unpaired) electrons. The molecular weight excluding hydrogens is 385 g/mol. The summed E-state index contributed by atoms with van der Waals surface area (Å²) < 4.78 is 43.6. The number of alkyl halides is 3. The SMILES string of the molecule is O=C(Nc1oc(-c2cc3ccccc3cc2O)nc1-c1ccccc1)C(F)(F)F. The highest BCUT2D eigenvalue weighted by Crippen LogP contribution is 2.38. The molecular formula is C21H13F3N2O3. The molecule has 0 aliphatic carbocycles. The van der Waals surface area contributed by atoms with Crippen molar-refractivity contribution in [2.75, 3.05) is 5.32 Å². The maximum Gasteiger partial charge on any atom is 0.471 e. The van der Waals surface area contributed by atoms with E-state index in [1.807, 2.05) is 18.2 Å². The summed E-state index contributed by atoms with van der Waals surface area (Å²) in [5.41, 5.74) is 0.652. The number of nitrogens with zero attached hydrogens (tertiary/aromatic N) is 1. The molecule has 0 fully saturated rings. The van der Waals surface area contributed by atoms with E-state index < -0.39 is 18.0 Å². The Balaban J connectivity index is 1.85. The normalized spacial score (nSPS) is 11.6. The third kappa shape index (κ3) is 3.64. The van der Waals surface area contributed by atoms with Crippen LogP contribution in [0.5, 0.6) is 5.75 Å². The van der Waals surface area contributed by atoms with Crippen molar-refractivity contribution in [3.8, 4) is 28.5 Å². The zero-order chi connectivity index (χ0) is 20.6. The molecule has 1 heterocycles. The summed E-state index contributed by atoms with van der Waals surface area (Å²) in [4.78, 5) is 15.7. The van der Waals surface area contributed by atoms with Gasteiger partial charge < -0.3 is 9.52 Å². The molecule has 0 saturated heterocycles. The molecule has 2 N–H and O–H groups in total. The van der Waals surface area contributed by atoms with Crippen molar-refractivity contribution in [1.82, 2.24) is 4.98 Å². The minimum Gasteiger partial charge on any atom is -0.507 e. The lowest BCUT2D eigenvalue weighted by Crippen LogP contribution is -2.29. The van der Waals surface area contributed by atoms with Crippen LogP contribution in [0.2, 0.25) is 0 Å². The molecule has 5 nitrogen and oxygen atoms in total. The topological polar surface area (TPSA) is 75.4 Å². The fourth-order valence-corrected chi connectivity index (χ4v) is 2.89. The van der Waals surface area contributed by atoms with Gasteiger partial charge in [-0.2, -0.15) is 13.2 Å². The van der Waals surface area contributed by atoms with Gasteiger partial charge in [-0.05, 0) is 22.9 Å². The summed E-state index contributed by atoms with van der Waals surface area (Å²) in [6.45, 7) is 0. The molecule has 4 rings (SSSR count). The summed E-state index contributed by atoms with van der Waals surface area (Å²) in [5.74, 6) is -2.91. The van der Waals surface area contributed by atoms with Crippen LogP contribution < -0.4 is 5.32 Å². The van der Waals surface area contributed by atoms with Crippen LogP contribution in [-0.2, 0) is 4.79 Å². The number of aromatic nitrogens is 1. The average Bonchev–Trinajstić information content (AvgIpc) is 3.11. The van der Waals surface area contributed by atoms with Crippen molar-refractivity contribution in [2.45, 2.75) is 6.18 Å². The van der Waals surface area contributed by atoms with Crippen LogP contribution in [0.3, 0.4) is 0 Å². The van der Waals surface area contributed by atoms with E-state index in [9.17, 15) is 23.1 Å². The first-order chi connectivity index (χ1) is 13.8. The fraction of sp³-hybridized carbons (Fsp3) is 0.0476. The Bertz CT molecular complexity index is 1200. The highest BCUT2D eigenvalue weighted by molar-refractivity contribution is 5.97. The number of halogens is 3. The Hall–Kier alpha value is -3.81. The van der Waals surface area contributed by atoms with E-state index in [0.717, 1.165) is 10.8 Å². The standard InChI is InChI=1S/C21H13F3N2O3/c22-21(23,24)20(28)26-19-17(12-6-2-1-3-7-12)25-18(29-19)15-10-13-8-4-5-9-14(13)11-16(15)27/h1-11,27H,(H,26,28). The third-order valence-electron chi connectivity index (χ3n) is 4.25. The summed E-state index contributed by atoms with van der Waals surface area (Å²) >= 11 is 0. The lowest BCUT2D eigenvalue weighted by atomic mass is 10.1. The molecule has 8 heteroatoms. The molecule has 0 spiro atoms. The minimum absolute atomic E-state index is 0.0192. The van der Waals surface area contributed by atoms with Gasteiger partial charge in [0.25, 0.3) is 0 Å². The van der Waals surface area contributed by atoms with Gasteiger partial charge in [-0.25, -0.2) is 4.98 Å². The molecule has 0 bridgehead atoms. The molecule has 1 aromatic heterocycles. The van der Waals surface area contributed by atoms with E-state index in [1.165, 1.54) is 6.07 Å². The first-order valence-corrected chi connectivity index (χ1v) is 8.49. The Labute approximate surface area is 162 Å². The number of fused-ring (bicyclic) bond motifs is 1. The third-order valence-corrected chi connectivity index (χ3v) is 4.25. The number of carbonyl (C=O) groups excluding carboxylic acids is 1. The molecule has 3 aromatic carbocycles.